The average molecular weight is 407 g/mol. The minimum absolute atomic E-state index is 0.0914. The molecule has 0 spiro atoms. The van der Waals surface area contributed by atoms with Crippen LogP contribution in [-0.2, 0) is 6.54 Å². The number of rotatable bonds is 4. The fourth-order valence-corrected chi connectivity index (χ4v) is 3.04. The van der Waals surface area contributed by atoms with E-state index in [2.05, 4.69) is 15.1 Å². The SMILES string of the molecule is N#Cc1cccc(-c2nc(N)nc3c2cnn3Cc2c(F)cc([N+](=O)[O-])cc2F)c1. The number of hydrogen-bond acceptors (Lipinski definition) is 7. The van der Waals surface area contributed by atoms with Crippen molar-refractivity contribution >= 4 is 22.7 Å². The topological polar surface area (TPSA) is 137 Å². The van der Waals surface area contributed by atoms with Gasteiger partial charge in [0.05, 0.1) is 52.5 Å². The van der Waals surface area contributed by atoms with Gasteiger partial charge in [0.15, 0.2) is 5.65 Å². The Morgan fingerprint density at radius 2 is 1.93 bits per heavy atom. The Hall–Kier alpha value is -4.46. The smallest absolute Gasteiger partial charge is 0.275 e. The summed E-state index contributed by atoms with van der Waals surface area (Å²) in [6, 6.07) is 9.99. The third-order valence-electron chi connectivity index (χ3n) is 4.42. The van der Waals surface area contributed by atoms with Crippen molar-refractivity contribution in [3.05, 3.63) is 75.5 Å². The number of anilines is 1. The molecule has 0 aliphatic rings. The molecule has 2 aromatic carbocycles. The van der Waals surface area contributed by atoms with Crippen molar-refractivity contribution in [1.29, 1.82) is 5.26 Å². The molecule has 0 radical (unpaired) electrons. The third-order valence-corrected chi connectivity index (χ3v) is 4.42. The van der Waals surface area contributed by atoms with Crippen LogP contribution in [0.4, 0.5) is 20.4 Å². The monoisotopic (exact) mass is 407 g/mol. The molecule has 2 N–H and O–H groups in total. The second-order valence-electron chi connectivity index (χ2n) is 6.31. The Labute approximate surface area is 167 Å². The maximum Gasteiger partial charge on any atom is 0.275 e. The molecule has 0 aliphatic carbocycles. The molecule has 148 valence electrons. The molecular weight excluding hydrogens is 396 g/mol. The molecule has 2 heterocycles. The first-order valence-electron chi connectivity index (χ1n) is 8.49. The summed E-state index contributed by atoms with van der Waals surface area (Å²) in [4.78, 5) is 18.2. The molecule has 0 atom stereocenters. The summed E-state index contributed by atoms with van der Waals surface area (Å²) in [6.45, 7) is -0.368. The molecule has 30 heavy (non-hydrogen) atoms. The molecule has 4 aromatic rings. The van der Waals surface area contributed by atoms with Crippen LogP contribution in [0.25, 0.3) is 22.3 Å². The van der Waals surface area contributed by atoms with E-state index in [1.165, 1.54) is 10.9 Å². The predicted molar refractivity (Wildman–Crippen MR) is 102 cm³/mol. The Morgan fingerprint density at radius 3 is 2.60 bits per heavy atom. The van der Waals surface area contributed by atoms with Crippen LogP contribution in [0.2, 0.25) is 0 Å². The maximum absolute atomic E-state index is 14.3. The summed E-state index contributed by atoms with van der Waals surface area (Å²) in [5.41, 5.74) is 6.36. The molecular formula is C19H11F2N7O2. The minimum Gasteiger partial charge on any atom is -0.368 e. The van der Waals surface area contributed by atoms with Crippen LogP contribution in [0.1, 0.15) is 11.1 Å². The summed E-state index contributed by atoms with van der Waals surface area (Å²) in [7, 11) is 0. The van der Waals surface area contributed by atoms with Gasteiger partial charge in [0.1, 0.15) is 11.6 Å². The summed E-state index contributed by atoms with van der Waals surface area (Å²) < 4.78 is 29.8. The normalized spacial score (nSPS) is 10.8. The molecule has 2 aromatic heterocycles. The number of halogens is 2. The van der Waals surface area contributed by atoms with Crippen LogP contribution < -0.4 is 5.73 Å². The zero-order valence-corrected chi connectivity index (χ0v) is 15.1. The van der Waals surface area contributed by atoms with Crippen molar-refractivity contribution in [2.24, 2.45) is 0 Å². The van der Waals surface area contributed by atoms with E-state index in [0.717, 1.165) is 0 Å². The zero-order valence-electron chi connectivity index (χ0n) is 15.1. The van der Waals surface area contributed by atoms with Gasteiger partial charge >= 0.3 is 0 Å². The molecule has 0 saturated heterocycles. The van der Waals surface area contributed by atoms with E-state index in [1.807, 2.05) is 6.07 Å². The van der Waals surface area contributed by atoms with E-state index in [1.54, 1.807) is 24.3 Å². The summed E-state index contributed by atoms with van der Waals surface area (Å²) in [5.74, 6) is -2.24. The number of nitriles is 1. The fraction of sp³-hybridized carbons (Fsp3) is 0.0526. The van der Waals surface area contributed by atoms with E-state index < -0.39 is 27.8 Å². The van der Waals surface area contributed by atoms with Gasteiger partial charge in [-0.15, -0.1) is 0 Å². The standard InChI is InChI=1S/C19H11F2N7O2/c20-15-5-12(28(29)30)6-16(21)14(15)9-27-18-13(8-24-27)17(25-19(23)26-18)11-3-1-2-10(4-11)7-22/h1-6,8H,9H2,(H2,23,25,26). The lowest BCUT2D eigenvalue weighted by molar-refractivity contribution is -0.385. The first-order chi connectivity index (χ1) is 14.4. The Balaban J connectivity index is 1.82. The van der Waals surface area contributed by atoms with E-state index >= 15 is 0 Å². The molecule has 11 heteroatoms. The van der Waals surface area contributed by atoms with Gasteiger partial charge in [-0.1, -0.05) is 12.1 Å². The van der Waals surface area contributed by atoms with Crippen LogP contribution >= 0.6 is 0 Å². The largest absolute Gasteiger partial charge is 0.368 e. The zero-order chi connectivity index (χ0) is 21.4. The van der Waals surface area contributed by atoms with E-state index in [4.69, 9.17) is 11.0 Å². The van der Waals surface area contributed by atoms with Crippen molar-refractivity contribution in [3.63, 3.8) is 0 Å². The first-order valence-corrected chi connectivity index (χ1v) is 8.49. The fourth-order valence-electron chi connectivity index (χ4n) is 3.04. The van der Waals surface area contributed by atoms with Crippen LogP contribution in [0.3, 0.4) is 0 Å². The second kappa shape index (κ2) is 7.17. The van der Waals surface area contributed by atoms with Gasteiger partial charge in [-0.2, -0.15) is 15.3 Å². The van der Waals surface area contributed by atoms with Crippen molar-refractivity contribution in [2.75, 3.05) is 5.73 Å². The molecule has 0 aliphatic heterocycles. The first kappa shape index (κ1) is 18.9. The van der Waals surface area contributed by atoms with E-state index in [9.17, 15) is 18.9 Å². The summed E-state index contributed by atoms with van der Waals surface area (Å²) in [5, 5.41) is 24.5. The Bertz CT molecular complexity index is 1340. The van der Waals surface area contributed by atoms with Gasteiger partial charge in [-0.05, 0) is 12.1 Å². The second-order valence-corrected chi connectivity index (χ2v) is 6.31. The highest BCUT2D eigenvalue weighted by Crippen LogP contribution is 2.28. The van der Waals surface area contributed by atoms with Crippen LogP contribution in [0, 0.1) is 33.1 Å². The van der Waals surface area contributed by atoms with Crippen LogP contribution in [0.5, 0.6) is 0 Å². The highest BCUT2D eigenvalue weighted by molar-refractivity contribution is 5.91. The molecule has 9 nitrogen and oxygen atoms in total. The summed E-state index contributed by atoms with van der Waals surface area (Å²) in [6.07, 6.45) is 1.42. The highest BCUT2D eigenvalue weighted by Gasteiger charge is 2.20. The Morgan fingerprint density at radius 1 is 1.20 bits per heavy atom. The number of nitro groups is 1. The van der Waals surface area contributed by atoms with Gasteiger partial charge in [-0.25, -0.2) is 18.4 Å². The lowest BCUT2D eigenvalue weighted by Gasteiger charge is -2.08. The molecule has 0 amide bonds. The lowest BCUT2D eigenvalue weighted by Crippen LogP contribution is -2.09. The number of aromatic nitrogens is 4. The predicted octanol–water partition coefficient (Wildman–Crippen LogP) is 3.18. The van der Waals surface area contributed by atoms with Gasteiger partial charge in [0.25, 0.3) is 5.69 Å². The third kappa shape index (κ3) is 3.26. The molecule has 0 bridgehead atoms. The van der Waals surface area contributed by atoms with Crippen LogP contribution in [-0.4, -0.2) is 24.7 Å². The molecule has 4 rings (SSSR count). The van der Waals surface area contributed by atoms with E-state index in [0.29, 0.717) is 34.3 Å². The van der Waals surface area contributed by atoms with Gasteiger partial charge < -0.3 is 5.73 Å². The highest BCUT2D eigenvalue weighted by atomic mass is 19.1. The number of nitro benzene ring substituents is 1. The van der Waals surface area contributed by atoms with Crippen molar-refractivity contribution in [2.45, 2.75) is 6.54 Å². The number of benzene rings is 2. The number of non-ortho nitro benzene ring substituents is 1. The van der Waals surface area contributed by atoms with Gasteiger partial charge in [-0.3, -0.25) is 10.1 Å². The summed E-state index contributed by atoms with van der Waals surface area (Å²) >= 11 is 0. The molecule has 0 unspecified atom stereocenters. The van der Waals surface area contributed by atoms with Gasteiger partial charge in [0.2, 0.25) is 5.95 Å². The van der Waals surface area contributed by atoms with Crippen molar-refractivity contribution in [1.82, 2.24) is 19.7 Å². The number of hydrogen-bond donors (Lipinski definition) is 1. The van der Waals surface area contributed by atoms with Crippen molar-refractivity contribution < 1.29 is 13.7 Å². The number of nitrogens with two attached hydrogens (primary N) is 1. The lowest BCUT2D eigenvalue weighted by atomic mass is 10.1. The Kier molecular flexibility index (Phi) is 4.51. The maximum atomic E-state index is 14.3. The van der Waals surface area contributed by atoms with E-state index in [-0.39, 0.29) is 18.1 Å². The quantitative estimate of drug-likeness (QED) is 0.405. The van der Waals surface area contributed by atoms with Gasteiger partial charge in [0, 0.05) is 11.1 Å². The minimum atomic E-state index is -1.07. The molecule has 0 saturated carbocycles. The number of fused-ring (bicyclic) bond motifs is 1. The average Bonchev–Trinajstić information content (AvgIpc) is 3.12. The number of nitrogens with zero attached hydrogens (tertiary/aromatic N) is 6. The molecule has 0 fully saturated rings. The van der Waals surface area contributed by atoms with Crippen molar-refractivity contribution in [3.8, 4) is 17.3 Å². The van der Waals surface area contributed by atoms with Crippen LogP contribution in [0.15, 0.2) is 42.6 Å². The number of nitrogen functional groups attached to an aromatic ring is 1.